The molecule has 3 aromatic carbocycles. The molecule has 30 heavy (non-hydrogen) atoms. The molecular formula is C27H27N3. The summed E-state index contributed by atoms with van der Waals surface area (Å²) in [6.45, 7) is 4.30. The number of anilines is 1. The van der Waals surface area contributed by atoms with Crippen molar-refractivity contribution >= 4 is 16.6 Å². The number of aromatic nitrogens is 2. The molecule has 0 spiro atoms. The zero-order valence-electron chi connectivity index (χ0n) is 17.9. The smallest absolute Gasteiger partial charge is 0.159 e. The zero-order chi connectivity index (χ0) is 20.7. The Bertz CT molecular complexity index is 1210. The van der Waals surface area contributed by atoms with Gasteiger partial charge in [-0.3, -0.25) is 0 Å². The first kappa shape index (κ1) is 18.8. The van der Waals surface area contributed by atoms with Crippen molar-refractivity contribution in [3.63, 3.8) is 0 Å². The molecule has 1 atom stereocenters. The van der Waals surface area contributed by atoms with Crippen LogP contribution in [0.2, 0.25) is 0 Å². The normalized spacial score (nSPS) is 15.8. The van der Waals surface area contributed by atoms with Gasteiger partial charge in [0.2, 0.25) is 0 Å². The standard InChI is InChI=1S/C27H27N3/c1-18-10-8-11-19(2)25(18)26-22-15-6-7-16-23(22)27(29-28-26)30(3)24-17-9-13-20-12-4-5-14-21(20)24/h4-8,10-12,14-16,24H,9,13,17H2,1-3H3. The number of hydrogen-bond donors (Lipinski definition) is 0. The fourth-order valence-electron chi connectivity index (χ4n) is 5.00. The average molecular weight is 394 g/mol. The Hall–Kier alpha value is -3.20. The summed E-state index contributed by atoms with van der Waals surface area (Å²) in [5.41, 5.74) is 7.52. The molecule has 1 unspecified atom stereocenters. The van der Waals surface area contributed by atoms with Crippen molar-refractivity contribution < 1.29 is 0 Å². The molecule has 0 saturated carbocycles. The van der Waals surface area contributed by atoms with Crippen LogP contribution in [-0.2, 0) is 6.42 Å². The number of rotatable bonds is 3. The molecule has 1 heterocycles. The molecule has 0 saturated heterocycles. The van der Waals surface area contributed by atoms with Gasteiger partial charge in [-0.25, -0.2) is 0 Å². The van der Waals surface area contributed by atoms with Crippen LogP contribution in [0.5, 0.6) is 0 Å². The van der Waals surface area contributed by atoms with E-state index in [0.29, 0.717) is 6.04 Å². The van der Waals surface area contributed by atoms with Crippen molar-refractivity contribution in [1.29, 1.82) is 0 Å². The van der Waals surface area contributed by atoms with Crippen LogP contribution in [0.15, 0.2) is 66.7 Å². The summed E-state index contributed by atoms with van der Waals surface area (Å²) >= 11 is 0. The number of aryl methyl sites for hydroxylation is 3. The quantitative estimate of drug-likeness (QED) is 0.402. The first-order valence-corrected chi connectivity index (χ1v) is 10.8. The number of nitrogens with zero attached hydrogens (tertiary/aromatic N) is 3. The summed E-state index contributed by atoms with van der Waals surface area (Å²) in [7, 11) is 2.17. The Labute approximate surface area is 178 Å². The van der Waals surface area contributed by atoms with Crippen LogP contribution in [0.4, 0.5) is 5.82 Å². The summed E-state index contributed by atoms with van der Waals surface area (Å²) in [5.74, 6) is 0.960. The Morgan fingerprint density at radius 2 is 1.50 bits per heavy atom. The molecule has 0 fully saturated rings. The lowest BCUT2D eigenvalue weighted by Crippen LogP contribution is -2.28. The van der Waals surface area contributed by atoms with Gasteiger partial charge in [-0.05, 0) is 55.4 Å². The SMILES string of the molecule is Cc1cccc(C)c1-c1nnc(N(C)C2CCCc3ccccc32)c2ccccc12. The molecule has 1 aliphatic rings. The highest BCUT2D eigenvalue weighted by Crippen LogP contribution is 2.39. The van der Waals surface area contributed by atoms with Crippen LogP contribution in [0.25, 0.3) is 22.0 Å². The first-order valence-electron chi connectivity index (χ1n) is 10.8. The van der Waals surface area contributed by atoms with E-state index in [1.807, 2.05) is 0 Å². The van der Waals surface area contributed by atoms with Gasteiger partial charge in [-0.1, -0.05) is 66.7 Å². The van der Waals surface area contributed by atoms with E-state index in [-0.39, 0.29) is 0 Å². The van der Waals surface area contributed by atoms with Crippen LogP contribution in [-0.4, -0.2) is 17.2 Å². The van der Waals surface area contributed by atoms with E-state index in [1.165, 1.54) is 40.7 Å². The summed E-state index contributed by atoms with van der Waals surface area (Å²) in [5, 5.41) is 11.9. The second kappa shape index (κ2) is 7.56. The maximum Gasteiger partial charge on any atom is 0.159 e. The molecule has 0 amide bonds. The van der Waals surface area contributed by atoms with Crippen molar-refractivity contribution in [2.24, 2.45) is 0 Å². The Kier molecular flexibility index (Phi) is 4.74. The van der Waals surface area contributed by atoms with Gasteiger partial charge in [0.25, 0.3) is 0 Å². The highest BCUT2D eigenvalue weighted by Gasteiger charge is 2.26. The lowest BCUT2D eigenvalue weighted by Gasteiger charge is -2.34. The van der Waals surface area contributed by atoms with Gasteiger partial charge in [-0.15, -0.1) is 10.2 Å². The molecule has 4 aromatic rings. The first-order chi connectivity index (χ1) is 14.6. The second-order valence-electron chi connectivity index (χ2n) is 8.40. The molecule has 0 N–H and O–H groups in total. The molecular weight excluding hydrogens is 366 g/mol. The predicted molar refractivity (Wildman–Crippen MR) is 125 cm³/mol. The summed E-state index contributed by atoms with van der Waals surface area (Å²) in [6.07, 6.45) is 3.51. The highest BCUT2D eigenvalue weighted by atomic mass is 15.3. The van der Waals surface area contributed by atoms with Crippen molar-refractivity contribution in [3.8, 4) is 11.3 Å². The third kappa shape index (κ3) is 3.06. The zero-order valence-corrected chi connectivity index (χ0v) is 17.9. The average Bonchev–Trinajstić information content (AvgIpc) is 2.78. The minimum Gasteiger partial charge on any atom is -0.351 e. The van der Waals surface area contributed by atoms with Crippen molar-refractivity contribution in [1.82, 2.24) is 10.2 Å². The fraction of sp³-hybridized carbons (Fsp3) is 0.259. The Morgan fingerprint density at radius 3 is 2.30 bits per heavy atom. The largest absolute Gasteiger partial charge is 0.351 e. The van der Waals surface area contributed by atoms with Gasteiger partial charge >= 0.3 is 0 Å². The highest BCUT2D eigenvalue weighted by molar-refractivity contribution is 6.01. The van der Waals surface area contributed by atoms with E-state index in [1.54, 1.807) is 0 Å². The van der Waals surface area contributed by atoms with E-state index in [0.717, 1.165) is 28.7 Å². The van der Waals surface area contributed by atoms with Gasteiger partial charge in [0.15, 0.2) is 5.82 Å². The van der Waals surface area contributed by atoms with Crippen LogP contribution in [0, 0.1) is 13.8 Å². The van der Waals surface area contributed by atoms with Gasteiger partial charge < -0.3 is 4.90 Å². The number of fused-ring (bicyclic) bond motifs is 2. The molecule has 0 bridgehead atoms. The van der Waals surface area contributed by atoms with E-state index in [2.05, 4.69) is 92.5 Å². The Balaban J connectivity index is 1.66. The monoisotopic (exact) mass is 393 g/mol. The maximum absolute atomic E-state index is 4.79. The lowest BCUT2D eigenvalue weighted by atomic mass is 9.87. The molecule has 1 aliphatic carbocycles. The van der Waals surface area contributed by atoms with Crippen LogP contribution >= 0.6 is 0 Å². The molecule has 150 valence electrons. The van der Waals surface area contributed by atoms with Crippen molar-refractivity contribution in [2.45, 2.75) is 39.2 Å². The number of benzene rings is 3. The van der Waals surface area contributed by atoms with Crippen molar-refractivity contribution in [3.05, 3.63) is 89.0 Å². The summed E-state index contributed by atoms with van der Waals surface area (Å²) in [4.78, 5) is 2.34. The van der Waals surface area contributed by atoms with E-state index in [9.17, 15) is 0 Å². The van der Waals surface area contributed by atoms with Gasteiger partial charge in [0.1, 0.15) is 5.69 Å². The third-order valence-electron chi connectivity index (χ3n) is 6.53. The topological polar surface area (TPSA) is 29.0 Å². The molecule has 5 rings (SSSR count). The molecule has 0 aliphatic heterocycles. The van der Waals surface area contributed by atoms with E-state index >= 15 is 0 Å². The number of hydrogen-bond acceptors (Lipinski definition) is 3. The van der Waals surface area contributed by atoms with E-state index < -0.39 is 0 Å². The molecule has 3 heteroatoms. The van der Waals surface area contributed by atoms with Crippen LogP contribution < -0.4 is 4.90 Å². The van der Waals surface area contributed by atoms with Gasteiger partial charge in [0, 0.05) is 23.4 Å². The molecule has 1 aromatic heterocycles. The fourth-order valence-corrected chi connectivity index (χ4v) is 5.00. The summed E-state index contributed by atoms with van der Waals surface area (Å²) < 4.78 is 0. The summed E-state index contributed by atoms with van der Waals surface area (Å²) in [6, 6.07) is 24.1. The molecule has 3 nitrogen and oxygen atoms in total. The van der Waals surface area contributed by atoms with E-state index in [4.69, 9.17) is 10.2 Å². The minimum atomic E-state index is 0.332. The van der Waals surface area contributed by atoms with Crippen molar-refractivity contribution in [2.75, 3.05) is 11.9 Å². The predicted octanol–water partition coefficient (Wildman–Crippen LogP) is 6.43. The minimum absolute atomic E-state index is 0.332. The van der Waals surface area contributed by atoms with Crippen LogP contribution in [0.3, 0.4) is 0 Å². The third-order valence-corrected chi connectivity index (χ3v) is 6.53. The molecule has 0 radical (unpaired) electrons. The maximum atomic E-state index is 4.79. The van der Waals surface area contributed by atoms with Gasteiger partial charge in [0.05, 0.1) is 6.04 Å². The second-order valence-corrected chi connectivity index (χ2v) is 8.40. The lowest BCUT2D eigenvalue weighted by molar-refractivity contribution is 0.541. The van der Waals surface area contributed by atoms with Crippen LogP contribution in [0.1, 0.15) is 41.1 Å². The van der Waals surface area contributed by atoms with Gasteiger partial charge in [-0.2, -0.15) is 0 Å². The Morgan fingerprint density at radius 1 is 0.800 bits per heavy atom.